The molecule has 0 saturated carbocycles. The molecule has 0 fully saturated rings. The van der Waals surface area contributed by atoms with E-state index in [-0.39, 0.29) is 4.90 Å². The predicted molar refractivity (Wildman–Crippen MR) is 73.8 cm³/mol. The molecule has 1 rings (SSSR count). The number of hydrogen-bond acceptors (Lipinski definition) is 6. The zero-order valence-corrected chi connectivity index (χ0v) is 12.6. The molecule has 0 heterocycles. The van der Waals surface area contributed by atoms with Crippen molar-refractivity contribution in [3.05, 3.63) is 29.3 Å². The molecule has 0 aromatic heterocycles. The number of hydrogen-bond donors (Lipinski definition) is 2. The molecule has 2 N–H and O–H groups in total. The summed E-state index contributed by atoms with van der Waals surface area (Å²) in [6.45, 7) is 0.688. The summed E-state index contributed by atoms with van der Waals surface area (Å²) in [5, 5.41) is 18.2. The molecule has 0 amide bonds. The monoisotopic (exact) mass is 332 g/mol. The molecule has 21 heavy (non-hydrogen) atoms. The van der Waals surface area contributed by atoms with Crippen molar-refractivity contribution in [3.63, 3.8) is 0 Å². The Bertz CT molecular complexity index is 637. The highest BCUT2D eigenvalue weighted by Crippen LogP contribution is 2.15. The second-order valence-corrected chi connectivity index (χ2v) is 6.21. The number of aliphatic hydroxyl groups is 1. The maximum absolute atomic E-state index is 12.1. The summed E-state index contributed by atoms with van der Waals surface area (Å²) in [4.78, 5) is 11.5. The fourth-order valence-corrected chi connectivity index (χ4v) is 2.77. The van der Waals surface area contributed by atoms with Crippen molar-refractivity contribution in [1.29, 1.82) is 5.26 Å². The van der Waals surface area contributed by atoms with Crippen LogP contribution in [-0.4, -0.2) is 38.2 Å². The smallest absolute Gasteiger partial charge is 0.327 e. The molecule has 9 heteroatoms. The number of esters is 1. The van der Waals surface area contributed by atoms with E-state index in [1.807, 2.05) is 4.72 Å². The average Bonchev–Trinajstić information content (AvgIpc) is 2.42. The van der Waals surface area contributed by atoms with Crippen LogP contribution < -0.4 is 4.72 Å². The quantitative estimate of drug-likeness (QED) is 0.730. The summed E-state index contributed by atoms with van der Waals surface area (Å²) in [7, 11) is -4.04. The Labute approximate surface area is 127 Å². The number of sulfonamides is 1. The minimum absolute atomic E-state index is 0.120. The second-order valence-electron chi connectivity index (χ2n) is 4.06. The minimum atomic E-state index is -4.04. The first-order valence-electron chi connectivity index (χ1n) is 5.77. The Hall–Kier alpha value is -1.66. The van der Waals surface area contributed by atoms with Gasteiger partial charge in [0.25, 0.3) is 0 Å². The van der Waals surface area contributed by atoms with Crippen LogP contribution in [-0.2, 0) is 19.6 Å². The zero-order valence-electron chi connectivity index (χ0n) is 11.0. The average molecular weight is 333 g/mol. The molecule has 0 unspecified atom stereocenters. The van der Waals surface area contributed by atoms with Crippen LogP contribution in [0.15, 0.2) is 29.2 Å². The molecular weight excluding hydrogens is 320 g/mol. The fourth-order valence-electron chi connectivity index (χ4n) is 1.39. The Morgan fingerprint density at radius 3 is 2.52 bits per heavy atom. The highest BCUT2D eigenvalue weighted by molar-refractivity contribution is 7.89. The lowest BCUT2D eigenvalue weighted by molar-refractivity contribution is -0.146. The molecule has 7 nitrogen and oxygen atoms in total. The van der Waals surface area contributed by atoms with Gasteiger partial charge in [0.2, 0.25) is 10.0 Å². The predicted octanol–water partition coefficient (Wildman–Crippen LogP) is 0.434. The van der Waals surface area contributed by atoms with E-state index in [9.17, 15) is 18.3 Å². The summed E-state index contributed by atoms with van der Waals surface area (Å²) in [5.74, 6) is -1.04. The van der Waals surface area contributed by atoms with E-state index in [1.54, 1.807) is 6.07 Å². The first kappa shape index (κ1) is 17.4. The van der Waals surface area contributed by atoms with E-state index in [1.165, 1.54) is 31.2 Å². The standard InChI is InChI=1S/C12H13ClN2O5S/c1-8(16)11(12(17)20-7-6-14)15-21(18,19)10-4-2-9(13)3-5-10/h2-5,8,11,15-16H,7H2,1H3/t8-,11-/m0/s1. The Kier molecular flexibility index (Phi) is 6.11. The van der Waals surface area contributed by atoms with Gasteiger partial charge in [-0.25, -0.2) is 8.42 Å². The molecule has 0 aliphatic rings. The molecule has 0 spiro atoms. The number of ether oxygens (including phenoxy) is 1. The molecule has 2 atom stereocenters. The van der Waals surface area contributed by atoms with E-state index in [2.05, 4.69) is 4.74 Å². The lowest BCUT2D eigenvalue weighted by atomic mass is 10.2. The maximum atomic E-state index is 12.1. The number of nitrogens with zero attached hydrogens (tertiary/aromatic N) is 1. The summed E-state index contributed by atoms with van der Waals surface area (Å²) in [6.07, 6.45) is -1.33. The van der Waals surface area contributed by atoms with Gasteiger partial charge in [-0.3, -0.25) is 4.79 Å². The summed E-state index contributed by atoms with van der Waals surface area (Å²) in [5.41, 5.74) is 0. The Balaban J connectivity index is 2.95. The van der Waals surface area contributed by atoms with Gasteiger partial charge in [0.15, 0.2) is 6.61 Å². The maximum Gasteiger partial charge on any atom is 0.327 e. The van der Waals surface area contributed by atoms with Crippen LogP contribution in [0.4, 0.5) is 0 Å². The molecule has 1 aromatic carbocycles. The van der Waals surface area contributed by atoms with E-state index < -0.39 is 34.7 Å². The molecule has 0 aliphatic heterocycles. The lowest BCUT2D eigenvalue weighted by Crippen LogP contribution is -2.48. The third-order valence-electron chi connectivity index (χ3n) is 2.42. The largest absolute Gasteiger partial charge is 0.449 e. The van der Waals surface area contributed by atoms with Gasteiger partial charge >= 0.3 is 5.97 Å². The number of carbonyl (C=O) groups is 1. The van der Waals surface area contributed by atoms with Crippen molar-refractivity contribution in [2.24, 2.45) is 0 Å². The normalized spacial score (nSPS) is 14.0. The number of nitrogens with one attached hydrogen (secondary N) is 1. The van der Waals surface area contributed by atoms with Gasteiger partial charge in [-0.05, 0) is 31.2 Å². The number of carbonyl (C=O) groups excluding carboxylic acids is 1. The van der Waals surface area contributed by atoms with E-state index in [4.69, 9.17) is 16.9 Å². The van der Waals surface area contributed by atoms with Gasteiger partial charge in [-0.15, -0.1) is 0 Å². The number of rotatable bonds is 6. The van der Waals surface area contributed by atoms with E-state index in [0.29, 0.717) is 5.02 Å². The number of halogens is 1. The van der Waals surface area contributed by atoms with Crippen LogP contribution in [0.3, 0.4) is 0 Å². The van der Waals surface area contributed by atoms with Gasteiger partial charge < -0.3 is 9.84 Å². The number of nitriles is 1. The Morgan fingerprint density at radius 1 is 1.48 bits per heavy atom. The fraction of sp³-hybridized carbons (Fsp3) is 0.333. The van der Waals surface area contributed by atoms with Crippen LogP contribution in [0.5, 0.6) is 0 Å². The highest BCUT2D eigenvalue weighted by atomic mass is 35.5. The first-order valence-corrected chi connectivity index (χ1v) is 7.63. The summed E-state index contributed by atoms with van der Waals surface area (Å²) >= 11 is 5.67. The molecular formula is C12H13ClN2O5S. The van der Waals surface area contributed by atoms with Gasteiger partial charge in [0.1, 0.15) is 12.1 Å². The molecule has 114 valence electrons. The van der Waals surface area contributed by atoms with E-state index in [0.717, 1.165) is 0 Å². The summed E-state index contributed by atoms with van der Waals surface area (Å²) in [6, 6.07) is 5.32. The van der Waals surface area contributed by atoms with Crippen LogP contribution in [0.1, 0.15) is 6.92 Å². The van der Waals surface area contributed by atoms with Crippen LogP contribution in [0.2, 0.25) is 5.02 Å². The van der Waals surface area contributed by atoms with Crippen molar-refractivity contribution in [3.8, 4) is 6.07 Å². The first-order chi connectivity index (χ1) is 9.77. The molecule has 0 aliphatic carbocycles. The SMILES string of the molecule is C[C@H](O)[C@H](NS(=O)(=O)c1ccc(Cl)cc1)C(=O)OCC#N. The number of aliphatic hydroxyl groups excluding tert-OH is 1. The van der Waals surface area contributed by atoms with E-state index >= 15 is 0 Å². The highest BCUT2D eigenvalue weighted by Gasteiger charge is 2.30. The van der Waals surface area contributed by atoms with Crippen molar-refractivity contribution in [1.82, 2.24) is 4.72 Å². The van der Waals surface area contributed by atoms with Crippen LogP contribution in [0, 0.1) is 11.3 Å². The molecule has 0 radical (unpaired) electrons. The topological polar surface area (TPSA) is 116 Å². The van der Waals surface area contributed by atoms with Gasteiger partial charge in [-0.2, -0.15) is 9.98 Å². The van der Waals surface area contributed by atoms with Crippen molar-refractivity contribution in [2.45, 2.75) is 24.0 Å². The molecule has 0 bridgehead atoms. The van der Waals surface area contributed by atoms with Crippen LogP contribution >= 0.6 is 11.6 Å². The molecule has 0 saturated heterocycles. The van der Waals surface area contributed by atoms with Gasteiger partial charge in [-0.1, -0.05) is 11.6 Å². The van der Waals surface area contributed by atoms with Crippen molar-refractivity contribution < 1.29 is 23.1 Å². The number of benzene rings is 1. The Morgan fingerprint density at radius 2 is 2.05 bits per heavy atom. The minimum Gasteiger partial charge on any atom is -0.449 e. The zero-order chi connectivity index (χ0) is 16.0. The van der Waals surface area contributed by atoms with Crippen molar-refractivity contribution >= 4 is 27.6 Å². The third kappa shape index (κ3) is 4.99. The molecule has 1 aromatic rings. The lowest BCUT2D eigenvalue weighted by Gasteiger charge is -2.19. The second kappa shape index (κ2) is 7.38. The van der Waals surface area contributed by atoms with Gasteiger partial charge in [0, 0.05) is 5.02 Å². The van der Waals surface area contributed by atoms with Crippen LogP contribution in [0.25, 0.3) is 0 Å². The van der Waals surface area contributed by atoms with Crippen molar-refractivity contribution in [2.75, 3.05) is 6.61 Å². The van der Waals surface area contributed by atoms with Gasteiger partial charge in [0.05, 0.1) is 11.0 Å². The summed E-state index contributed by atoms with van der Waals surface area (Å²) < 4.78 is 30.7. The third-order valence-corrected chi connectivity index (χ3v) is 4.13.